The Labute approximate surface area is 148 Å². The Kier molecular flexibility index (Phi) is 11.8. The molecule has 2 unspecified atom stereocenters. The Morgan fingerprint density at radius 2 is 1.92 bits per heavy atom. The van der Waals surface area contributed by atoms with Crippen molar-refractivity contribution in [1.82, 2.24) is 9.55 Å². The second kappa shape index (κ2) is 12.3. The van der Waals surface area contributed by atoms with Crippen molar-refractivity contribution in [3.05, 3.63) is 33.1 Å². The molecule has 0 bridgehead atoms. The van der Waals surface area contributed by atoms with Crippen LogP contribution in [0, 0.1) is 5.92 Å². The molecule has 1 saturated carbocycles. The predicted octanol–water partition coefficient (Wildman–Crippen LogP) is 0.501. The van der Waals surface area contributed by atoms with E-state index in [-0.39, 0.29) is 18.2 Å². The van der Waals surface area contributed by atoms with Gasteiger partial charge in [0.25, 0.3) is 5.56 Å². The molecule has 0 radical (unpaired) electrons. The minimum absolute atomic E-state index is 0.148. The van der Waals surface area contributed by atoms with Gasteiger partial charge in [0.2, 0.25) is 0 Å². The summed E-state index contributed by atoms with van der Waals surface area (Å²) in [4.78, 5) is 41.1. The van der Waals surface area contributed by atoms with E-state index >= 15 is 0 Å². The second-order valence-electron chi connectivity index (χ2n) is 5.16. The van der Waals surface area contributed by atoms with E-state index in [1.807, 2.05) is 13.8 Å². The number of aromatic nitrogens is 2. The number of nitrogens with one attached hydrogen (secondary N) is 1. The van der Waals surface area contributed by atoms with Gasteiger partial charge in [-0.1, -0.05) is 13.8 Å². The zero-order chi connectivity index (χ0) is 19.5. The summed E-state index contributed by atoms with van der Waals surface area (Å²) in [5.41, 5.74) is -1.09. The molecule has 1 heterocycles. The van der Waals surface area contributed by atoms with Gasteiger partial charge < -0.3 is 24.0 Å². The van der Waals surface area contributed by atoms with E-state index in [2.05, 4.69) is 9.72 Å². The first-order valence-electron chi connectivity index (χ1n) is 7.86. The molecule has 0 aromatic carbocycles. The Hall–Kier alpha value is -1.09. The van der Waals surface area contributed by atoms with E-state index in [0.29, 0.717) is 12.8 Å². The molecule has 1 aliphatic rings. The van der Waals surface area contributed by atoms with Crippen LogP contribution in [-0.4, -0.2) is 59.0 Å². The van der Waals surface area contributed by atoms with Crippen molar-refractivity contribution in [2.45, 2.75) is 32.6 Å². The number of ether oxygens (including phenoxy) is 3. The van der Waals surface area contributed by atoms with Gasteiger partial charge in [-0.3, -0.25) is 14.3 Å². The zero-order valence-corrected chi connectivity index (χ0v) is 16.3. The first-order valence-corrected chi connectivity index (χ1v) is 9.30. The lowest BCUT2D eigenvalue weighted by Crippen LogP contribution is -2.28. The molecule has 2 atom stereocenters. The normalized spacial score (nSPS) is 21.0. The van der Waals surface area contributed by atoms with Crippen molar-refractivity contribution >= 4 is 8.38 Å². The number of aromatic amines is 1. The molecular formula is C15H29N2O7P. The van der Waals surface area contributed by atoms with E-state index in [0.717, 1.165) is 6.42 Å². The molecule has 25 heavy (non-hydrogen) atoms. The van der Waals surface area contributed by atoms with E-state index in [1.165, 1.54) is 23.9 Å². The van der Waals surface area contributed by atoms with Crippen LogP contribution in [-0.2, 0) is 20.9 Å². The van der Waals surface area contributed by atoms with Crippen LogP contribution >= 0.6 is 8.38 Å². The van der Waals surface area contributed by atoms with E-state index < -0.39 is 19.6 Å². The minimum Gasteiger partial charge on any atom is -0.382 e. The van der Waals surface area contributed by atoms with Crippen LogP contribution in [0.2, 0.25) is 0 Å². The Bertz CT molecular complexity index is 590. The second-order valence-corrected chi connectivity index (χ2v) is 6.27. The van der Waals surface area contributed by atoms with Gasteiger partial charge in [0.1, 0.15) is 6.73 Å². The highest BCUT2D eigenvalue weighted by molar-refractivity contribution is 7.45. The van der Waals surface area contributed by atoms with Crippen molar-refractivity contribution < 1.29 is 24.0 Å². The van der Waals surface area contributed by atoms with Crippen molar-refractivity contribution in [3.63, 3.8) is 0 Å². The van der Waals surface area contributed by atoms with Crippen LogP contribution in [0.1, 0.15) is 20.3 Å². The van der Waals surface area contributed by atoms with Gasteiger partial charge in [0, 0.05) is 45.7 Å². The molecule has 1 aliphatic carbocycles. The lowest BCUT2D eigenvalue weighted by molar-refractivity contribution is -0.000254. The van der Waals surface area contributed by atoms with E-state index in [9.17, 15) is 9.59 Å². The van der Waals surface area contributed by atoms with Crippen LogP contribution in [0.4, 0.5) is 0 Å². The van der Waals surface area contributed by atoms with E-state index in [4.69, 9.17) is 19.3 Å². The summed E-state index contributed by atoms with van der Waals surface area (Å²) in [6.45, 7) is 4.69. The van der Waals surface area contributed by atoms with Gasteiger partial charge >= 0.3 is 5.69 Å². The van der Waals surface area contributed by atoms with Crippen molar-refractivity contribution in [1.29, 1.82) is 0 Å². The lowest BCUT2D eigenvalue weighted by Gasteiger charge is -2.14. The van der Waals surface area contributed by atoms with Crippen LogP contribution in [0.25, 0.3) is 0 Å². The maximum absolute atomic E-state index is 10.9. The van der Waals surface area contributed by atoms with Crippen LogP contribution < -0.4 is 11.2 Å². The number of hydrogen-bond donors (Lipinski definition) is 3. The summed E-state index contributed by atoms with van der Waals surface area (Å²) in [5.74, 6) is 0.253. The highest BCUT2D eigenvalue weighted by atomic mass is 31.2. The van der Waals surface area contributed by atoms with Gasteiger partial charge in [-0.2, -0.15) is 0 Å². The molecule has 3 N–H and O–H groups in total. The van der Waals surface area contributed by atoms with Crippen molar-refractivity contribution in [2.24, 2.45) is 5.92 Å². The molecule has 0 aliphatic heterocycles. The monoisotopic (exact) mass is 380 g/mol. The number of nitrogens with zero attached hydrogens (tertiary/aromatic N) is 1. The SMILES string of the molecule is CC.COCC1(OC)CC1CP(O)O.COCn1ccc(=O)[nH]c1=O. The molecule has 10 heteroatoms. The molecule has 0 amide bonds. The van der Waals surface area contributed by atoms with Gasteiger partial charge in [-0.05, 0) is 6.42 Å². The highest BCUT2D eigenvalue weighted by Gasteiger charge is 2.55. The minimum atomic E-state index is -1.79. The average molecular weight is 380 g/mol. The fraction of sp³-hybridized carbons (Fsp3) is 0.733. The van der Waals surface area contributed by atoms with Crippen LogP contribution in [0.3, 0.4) is 0 Å². The van der Waals surface area contributed by atoms with Gasteiger partial charge in [0.15, 0.2) is 8.38 Å². The number of hydrogen-bond acceptors (Lipinski definition) is 7. The number of H-pyrrole nitrogens is 1. The topological polar surface area (TPSA) is 123 Å². The van der Waals surface area contributed by atoms with Crippen LogP contribution in [0.15, 0.2) is 21.9 Å². The molecule has 2 rings (SSSR count). The third-order valence-corrected chi connectivity index (χ3v) is 4.29. The first-order chi connectivity index (χ1) is 11.9. The Morgan fingerprint density at radius 3 is 2.36 bits per heavy atom. The quantitative estimate of drug-likeness (QED) is 0.589. The molecule has 146 valence electrons. The summed E-state index contributed by atoms with van der Waals surface area (Å²) >= 11 is 0. The molecule has 1 fully saturated rings. The van der Waals surface area contributed by atoms with Crippen LogP contribution in [0.5, 0.6) is 0 Å². The maximum Gasteiger partial charge on any atom is 0.330 e. The maximum atomic E-state index is 10.9. The summed E-state index contributed by atoms with van der Waals surface area (Å²) in [6.07, 6.45) is 2.69. The molecular weight excluding hydrogens is 351 g/mol. The predicted molar refractivity (Wildman–Crippen MR) is 95.6 cm³/mol. The van der Waals surface area contributed by atoms with Gasteiger partial charge in [-0.15, -0.1) is 0 Å². The fourth-order valence-electron chi connectivity index (χ4n) is 2.20. The molecule has 9 nitrogen and oxygen atoms in total. The summed E-state index contributed by atoms with van der Waals surface area (Å²) < 4.78 is 16.2. The summed E-state index contributed by atoms with van der Waals surface area (Å²) in [6, 6.07) is 1.26. The third-order valence-electron chi connectivity index (χ3n) is 3.52. The number of rotatable bonds is 7. The molecule has 0 saturated heterocycles. The zero-order valence-electron chi connectivity index (χ0n) is 15.4. The van der Waals surface area contributed by atoms with Gasteiger partial charge in [-0.25, -0.2) is 4.79 Å². The van der Waals surface area contributed by atoms with Crippen molar-refractivity contribution in [3.8, 4) is 0 Å². The largest absolute Gasteiger partial charge is 0.382 e. The fourth-order valence-corrected chi connectivity index (χ4v) is 3.06. The highest BCUT2D eigenvalue weighted by Crippen LogP contribution is 2.51. The smallest absolute Gasteiger partial charge is 0.330 e. The lowest BCUT2D eigenvalue weighted by atomic mass is 10.3. The average Bonchev–Trinajstić information content (AvgIpc) is 3.25. The molecule has 1 aromatic rings. The summed E-state index contributed by atoms with van der Waals surface area (Å²) in [7, 11) is 2.94. The number of methoxy groups -OCH3 is 3. The molecule has 1 aromatic heterocycles. The van der Waals surface area contributed by atoms with Crippen molar-refractivity contribution in [2.75, 3.05) is 34.1 Å². The Balaban J connectivity index is 0.000000421. The Morgan fingerprint density at radius 1 is 1.28 bits per heavy atom. The summed E-state index contributed by atoms with van der Waals surface area (Å²) in [5, 5.41) is 0. The van der Waals surface area contributed by atoms with Gasteiger partial charge in [0.05, 0.1) is 12.2 Å². The molecule has 0 spiro atoms. The van der Waals surface area contributed by atoms with E-state index in [1.54, 1.807) is 14.2 Å². The first kappa shape index (κ1) is 23.9. The third kappa shape index (κ3) is 8.22. The standard InChI is InChI=1S/C7H15O4P.C6H8N2O3.C2H6/c1-10-5-7(11-2)3-6(7)4-12(8)9;1-11-4-8-3-2-5(9)7-6(8)10;1-2/h6,8-9H,3-5H2,1-2H3;2-3H,4H2,1H3,(H,7,9,10);1-2H3.